The average Bonchev–Trinajstić information content (AvgIpc) is 2.93. The molecule has 0 saturated heterocycles. The van der Waals surface area contributed by atoms with Crippen molar-refractivity contribution < 1.29 is 0 Å². The monoisotopic (exact) mass is 226 g/mol. The Labute approximate surface area is 102 Å². The van der Waals surface area contributed by atoms with Crippen molar-refractivity contribution in [3.63, 3.8) is 0 Å². The molecule has 1 unspecified atom stereocenters. The van der Waals surface area contributed by atoms with Gasteiger partial charge in [-0.05, 0) is 39.0 Å². The molecule has 0 heterocycles. The van der Waals surface area contributed by atoms with Crippen LogP contribution in [0.25, 0.3) is 0 Å². The van der Waals surface area contributed by atoms with Crippen LogP contribution in [-0.2, 0) is 0 Å². The van der Waals surface area contributed by atoms with Crippen LogP contribution < -0.4 is 5.32 Å². The van der Waals surface area contributed by atoms with Gasteiger partial charge >= 0.3 is 0 Å². The first-order chi connectivity index (χ1) is 7.32. The van der Waals surface area contributed by atoms with Crippen LogP contribution in [0.3, 0.4) is 0 Å². The van der Waals surface area contributed by atoms with Crippen LogP contribution in [0.4, 0.5) is 0 Å². The Morgan fingerprint density at radius 2 is 1.75 bits per heavy atom. The molecule has 1 saturated carbocycles. The van der Waals surface area contributed by atoms with Gasteiger partial charge in [0.05, 0.1) is 0 Å². The van der Waals surface area contributed by atoms with E-state index in [0.29, 0.717) is 17.5 Å². The highest BCUT2D eigenvalue weighted by Gasteiger charge is 2.30. The smallest absolute Gasteiger partial charge is 0.0113 e. The van der Waals surface area contributed by atoms with Crippen molar-refractivity contribution in [3.05, 3.63) is 0 Å². The number of nitrogens with one attached hydrogen (secondary N) is 1. The molecule has 0 aromatic carbocycles. The molecule has 0 aromatic heterocycles. The van der Waals surface area contributed by atoms with Crippen molar-refractivity contribution in [2.75, 3.05) is 13.1 Å². The second-order valence-electron chi connectivity index (χ2n) is 6.60. The molecular formula is C14H30N2. The third-order valence-corrected chi connectivity index (χ3v) is 3.80. The molecule has 0 spiro atoms. The molecule has 0 aliphatic heterocycles. The lowest BCUT2D eigenvalue weighted by atomic mass is 9.88. The molecular weight excluding hydrogens is 196 g/mol. The van der Waals surface area contributed by atoms with Gasteiger partial charge in [-0.1, -0.05) is 20.8 Å². The summed E-state index contributed by atoms with van der Waals surface area (Å²) in [4.78, 5) is 2.64. The van der Waals surface area contributed by atoms with E-state index in [1.54, 1.807) is 0 Å². The Bertz CT molecular complexity index is 199. The molecule has 0 radical (unpaired) electrons. The zero-order chi connectivity index (χ0) is 12.3. The highest BCUT2D eigenvalue weighted by Crippen LogP contribution is 2.28. The second kappa shape index (κ2) is 5.50. The first-order valence-corrected chi connectivity index (χ1v) is 6.81. The topological polar surface area (TPSA) is 15.3 Å². The molecule has 1 aliphatic carbocycles. The summed E-state index contributed by atoms with van der Waals surface area (Å²) in [5.41, 5.74) is 0.363. The summed E-state index contributed by atoms with van der Waals surface area (Å²) in [5, 5.41) is 3.65. The van der Waals surface area contributed by atoms with Crippen LogP contribution in [0.5, 0.6) is 0 Å². The lowest BCUT2D eigenvalue weighted by Crippen LogP contribution is -2.44. The van der Waals surface area contributed by atoms with Gasteiger partial charge in [0.1, 0.15) is 0 Å². The lowest BCUT2D eigenvalue weighted by molar-refractivity contribution is 0.199. The normalized spacial score (nSPS) is 19.5. The van der Waals surface area contributed by atoms with Gasteiger partial charge in [-0.2, -0.15) is 0 Å². The second-order valence-corrected chi connectivity index (χ2v) is 6.60. The van der Waals surface area contributed by atoms with Crippen LogP contribution in [0, 0.1) is 5.41 Å². The molecule has 96 valence electrons. The van der Waals surface area contributed by atoms with Crippen molar-refractivity contribution in [1.29, 1.82) is 0 Å². The standard InChI is InChI=1S/C14H30N2/c1-11(2)16(13-7-8-13)10-9-15-12(3)14(4,5)6/h11-13,15H,7-10H2,1-6H3. The Balaban J connectivity index is 2.23. The van der Waals surface area contributed by atoms with Crippen molar-refractivity contribution in [3.8, 4) is 0 Å². The quantitative estimate of drug-likeness (QED) is 0.749. The predicted molar refractivity (Wildman–Crippen MR) is 71.8 cm³/mol. The first kappa shape index (κ1) is 14.0. The van der Waals surface area contributed by atoms with Crippen molar-refractivity contribution in [2.24, 2.45) is 5.41 Å². The number of rotatable bonds is 6. The van der Waals surface area contributed by atoms with Crippen molar-refractivity contribution >= 4 is 0 Å². The van der Waals surface area contributed by atoms with Gasteiger partial charge in [-0.3, -0.25) is 4.90 Å². The summed E-state index contributed by atoms with van der Waals surface area (Å²) in [6, 6.07) is 2.16. The Morgan fingerprint density at radius 3 is 2.12 bits per heavy atom. The Hall–Kier alpha value is -0.0800. The first-order valence-electron chi connectivity index (χ1n) is 6.81. The highest BCUT2D eigenvalue weighted by molar-refractivity contribution is 4.87. The molecule has 16 heavy (non-hydrogen) atoms. The average molecular weight is 226 g/mol. The summed E-state index contributed by atoms with van der Waals surface area (Å²) in [6.45, 7) is 16.1. The molecule has 2 nitrogen and oxygen atoms in total. The SMILES string of the molecule is CC(C)N(CCNC(C)C(C)(C)C)C1CC1. The van der Waals surface area contributed by atoms with Crippen molar-refractivity contribution in [1.82, 2.24) is 10.2 Å². The van der Waals surface area contributed by atoms with Gasteiger partial charge in [0, 0.05) is 31.2 Å². The Kier molecular flexibility index (Phi) is 4.81. The van der Waals surface area contributed by atoms with Crippen LogP contribution in [0.2, 0.25) is 0 Å². The summed E-state index contributed by atoms with van der Waals surface area (Å²) < 4.78 is 0. The van der Waals surface area contributed by atoms with E-state index in [-0.39, 0.29) is 0 Å². The third kappa shape index (κ3) is 4.42. The number of hydrogen-bond acceptors (Lipinski definition) is 2. The van der Waals surface area contributed by atoms with Gasteiger partial charge in [-0.15, -0.1) is 0 Å². The maximum atomic E-state index is 3.65. The summed E-state index contributed by atoms with van der Waals surface area (Å²) >= 11 is 0. The fourth-order valence-corrected chi connectivity index (χ4v) is 1.98. The van der Waals surface area contributed by atoms with E-state index >= 15 is 0 Å². The van der Waals surface area contributed by atoms with E-state index < -0.39 is 0 Å². The fraction of sp³-hybridized carbons (Fsp3) is 1.00. The fourth-order valence-electron chi connectivity index (χ4n) is 1.98. The molecule has 1 N–H and O–H groups in total. The van der Waals surface area contributed by atoms with E-state index in [0.717, 1.165) is 12.6 Å². The van der Waals surface area contributed by atoms with E-state index in [1.165, 1.54) is 19.4 Å². The number of nitrogens with zero attached hydrogens (tertiary/aromatic N) is 1. The summed E-state index contributed by atoms with van der Waals surface area (Å²) in [7, 11) is 0. The van der Waals surface area contributed by atoms with Crippen LogP contribution in [0.15, 0.2) is 0 Å². The van der Waals surface area contributed by atoms with E-state index in [2.05, 4.69) is 51.8 Å². The minimum absolute atomic E-state index is 0.363. The zero-order valence-corrected chi connectivity index (χ0v) is 12.0. The Morgan fingerprint density at radius 1 is 1.19 bits per heavy atom. The van der Waals surface area contributed by atoms with E-state index in [1.807, 2.05) is 0 Å². The summed E-state index contributed by atoms with van der Waals surface area (Å²) in [5.74, 6) is 0. The van der Waals surface area contributed by atoms with Crippen LogP contribution >= 0.6 is 0 Å². The molecule has 0 aromatic rings. The zero-order valence-electron chi connectivity index (χ0n) is 12.0. The van der Waals surface area contributed by atoms with Gasteiger partial charge in [-0.25, -0.2) is 0 Å². The lowest BCUT2D eigenvalue weighted by Gasteiger charge is -2.31. The molecule has 1 atom stereocenters. The third-order valence-electron chi connectivity index (χ3n) is 3.80. The minimum Gasteiger partial charge on any atom is -0.312 e. The highest BCUT2D eigenvalue weighted by atomic mass is 15.2. The van der Waals surface area contributed by atoms with E-state index in [4.69, 9.17) is 0 Å². The molecule has 2 heteroatoms. The van der Waals surface area contributed by atoms with Gasteiger partial charge < -0.3 is 5.32 Å². The molecule has 1 rings (SSSR count). The largest absolute Gasteiger partial charge is 0.312 e. The number of hydrogen-bond donors (Lipinski definition) is 1. The maximum absolute atomic E-state index is 3.65. The molecule has 0 bridgehead atoms. The predicted octanol–water partition coefficient (Wildman–Crippen LogP) is 2.88. The molecule has 1 fully saturated rings. The maximum Gasteiger partial charge on any atom is 0.0113 e. The van der Waals surface area contributed by atoms with E-state index in [9.17, 15) is 0 Å². The molecule has 0 amide bonds. The van der Waals surface area contributed by atoms with Gasteiger partial charge in [0.15, 0.2) is 0 Å². The van der Waals surface area contributed by atoms with Crippen molar-refractivity contribution in [2.45, 2.75) is 72.5 Å². The van der Waals surface area contributed by atoms with Gasteiger partial charge in [0.2, 0.25) is 0 Å². The van der Waals surface area contributed by atoms with Crippen LogP contribution in [-0.4, -0.2) is 36.1 Å². The molecule has 1 aliphatic rings. The minimum atomic E-state index is 0.363. The summed E-state index contributed by atoms with van der Waals surface area (Å²) in [6.07, 6.45) is 2.82. The van der Waals surface area contributed by atoms with Crippen LogP contribution in [0.1, 0.15) is 54.4 Å². The van der Waals surface area contributed by atoms with Gasteiger partial charge in [0.25, 0.3) is 0 Å².